The van der Waals surface area contributed by atoms with Crippen LogP contribution in [-0.2, 0) is 0 Å². The Bertz CT molecular complexity index is 674. The molecule has 1 saturated heterocycles. The molecule has 3 rings (SSSR count). The number of methoxy groups -OCH3 is 1. The molecule has 0 radical (unpaired) electrons. The summed E-state index contributed by atoms with van der Waals surface area (Å²) < 4.78 is 19.9. The Morgan fingerprint density at radius 2 is 1.78 bits per heavy atom. The summed E-state index contributed by atoms with van der Waals surface area (Å²) in [7, 11) is 1.52. The van der Waals surface area contributed by atoms with Crippen LogP contribution in [-0.4, -0.2) is 40.8 Å². The summed E-state index contributed by atoms with van der Waals surface area (Å²) in [4.78, 5) is 14.6. The lowest BCUT2D eigenvalue weighted by molar-refractivity contribution is 0.0752. The maximum absolute atomic E-state index is 13.0. The number of carbonyl (C=O) groups excluding carboxylic acids is 1. The number of likely N-dealkylation sites (tertiary alicyclic amines) is 1. The van der Waals surface area contributed by atoms with Gasteiger partial charge in [0.2, 0.25) is 0 Å². The second-order valence-electron chi connectivity index (χ2n) is 5.67. The van der Waals surface area contributed by atoms with Crippen molar-refractivity contribution in [2.45, 2.75) is 25.7 Å². The largest absolute Gasteiger partial charge is 0.493 e. The molecule has 0 spiro atoms. The standard InChI is InChI=1S/C17H20FN3O2/c1-23-15-12-21(14-8-6-13(18)7-9-14)19-16(15)17(22)20-10-4-2-3-5-11-20/h6-9,12H,2-5,10-11H2,1H3. The third kappa shape index (κ3) is 3.36. The predicted octanol–water partition coefficient (Wildman–Crippen LogP) is 3.04. The van der Waals surface area contributed by atoms with Crippen molar-refractivity contribution in [3.05, 3.63) is 42.0 Å². The van der Waals surface area contributed by atoms with Crippen LogP contribution in [0.4, 0.5) is 4.39 Å². The van der Waals surface area contributed by atoms with Gasteiger partial charge in [-0.1, -0.05) is 12.8 Å². The van der Waals surface area contributed by atoms with E-state index in [1.54, 1.807) is 23.0 Å². The van der Waals surface area contributed by atoms with Crippen LogP contribution in [0.2, 0.25) is 0 Å². The Balaban J connectivity index is 1.89. The van der Waals surface area contributed by atoms with Crippen LogP contribution in [0.25, 0.3) is 5.69 Å². The average molecular weight is 317 g/mol. The third-order valence-electron chi connectivity index (χ3n) is 4.09. The van der Waals surface area contributed by atoms with Crippen LogP contribution in [0.15, 0.2) is 30.5 Å². The Morgan fingerprint density at radius 3 is 2.39 bits per heavy atom. The van der Waals surface area contributed by atoms with Crippen molar-refractivity contribution in [2.75, 3.05) is 20.2 Å². The SMILES string of the molecule is COc1cn(-c2ccc(F)cc2)nc1C(=O)N1CCCCCC1. The number of ether oxygens (including phenoxy) is 1. The van der Waals surface area contributed by atoms with Gasteiger partial charge in [-0.05, 0) is 37.1 Å². The molecular weight excluding hydrogens is 297 g/mol. The molecular formula is C17H20FN3O2. The minimum atomic E-state index is -0.311. The number of rotatable bonds is 3. The van der Waals surface area contributed by atoms with Gasteiger partial charge >= 0.3 is 0 Å². The third-order valence-corrected chi connectivity index (χ3v) is 4.09. The number of aromatic nitrogens is 2. The zero-order valence-corrected chi connectivity index (χ0v) is 13.2. The van der Waals surface area contributed by atoms with E-state index in [1.165, 1.54) is 19.2 Å². The van der Waals surface area contributed by atoms with Crippen LogP contribution in [0, 0.1) is 5.82 Å². The fourth-order valence-corrected chi connectivity index (χ4v) is 2.81. The molecule has 2 heterocycles. The summed E-state index contributed by atoms with van der Waals surface area (Å²) in [5, 5.41) is 4.36. The Hall–Kier alpha value is -2.37. The normalized spacial score (nSPS) is 15.3. The number of halogens is 1. The zero-order valence-electron chi connectivity index (χ0n) is 13.2. The number of benzene rings is 1. The molecule has 122 valence electrons. The van der Waals surface area contributed by atoms with Crippen LogP contribution >= 0.6 is 0 Å². The molecule has 23 heavy (non-hydrogen) atoms. The number of carbonyl (C=O) groups is 1. The van der Waals surface area contributed by atoms with Crippen LogP contribution in [0.3, 0.4) is 0 Å². The summed E-state index contributed by atoms with van der Waals surface area (Å²) in [6, 6.07) is 5.95. The number of nitrogens with zero attached hydrogens (tertiary/aromatic N) is 3. The highest BCUT2D eigenvalue weighted by Crippen LogP contribution is 2.22. The van der Waals surface area contributed by atoms with E-state index in [0.29, 0.717) is 17.1 Å². The van der Waals surface area contributed by atoms with Crippen molar-refractivity contribution in [1.29, 1.82) is 0 Å². The van der Waals surface area contributed by atoms with E-state index in [2.05, 4.69) is 5.10 Å². The molecule has 0 atom stereocenters. The van der Waals surface area contributed by atoms with Gasteiger partial charge in [0.15, 0.2) is 11.4 Å². The average Bonchev–Trinajstić information content (AvgIpc) is 2.81. The van der Waals surface area contributed by atoms with E-state index in [9.17, 15) is 9.18 Å². The molecule has 5 nitrogen and oxygen atoms in total. The monoisotopic (exact) mass is 317 g/mol. The van der Waals surface area contributed by atoms with Crippen molar-refractivity contribution in [3.8, 4) is 11.4 Å². The lowest BCUT2D eigenvalue weighted by Crippen LogP contribution is -2.32. The molecule has 2 aromatic rings. The number of hydrogen-bond donors (Lipinski definition) is 0. The summed E-state index contributed by atoms with van der Waals surface area (Å²) in [5.41, 5.74) is 0.985. The molecule has 1 aliphatic heterocycles. The fourth-order valence-electron chi connectivity index (χ4n) is 2.81. The van der Waals surface area contributed by atoms with E-state index < -0.39 is 0 Å². The van der Waals surface area contributed by atoms with E-state index in [-0.39, 0.29) is 11.7 Å². The van der Waals surface area contributed by atoms with Crippen molar-refractivity contribution >= 4 is 5.91 Å². The summed E-state index contributed by atoms with van der Waals surface area (Å²) in [6.45, 7) is 1.51. The highest BCUT2D eigenvalue weighted by atomic mass is 19.1. The van der Waals surface area contributed by atoms with Gasteiger partial charge in [0.05, 0.1) is 19.0 Å². The van der Waals surface area contributed by atoms with Gasteiger partial charge in [-0.15, -0.1) is 0 Å². The van der Waals surface area contributed by atoms with E-state index in [0.717, 1.165) is 38.8 Å². The van der Waals surface area contributed by atoms with Gasteiger partial charge < -0.3 is 9.64 Å². The van der Waals surface area contributed by atoms with E-state index >= 15 is 0 Å². The van der Waals surface area contributed by atoms with E-state index in [1.807, 2.05) is 4.90 Å². The van der Waals surface area contributed by atoms with Gasteiger partial charge in [0, 0.05) is 13.1 Å². The second kappa shape index (κ2) is 6.81. The van der Waals surface area contributed by atoms with Crippen molar-refractivity contribution in [3.63, 3.8) is 0 Å². The van der Waals surface area contributed by atoms with E-state index in [4.69, 9.17) is 4.74 Å². The lowest BCUT2D eigenvalue weighted by Gasteiger charge is -2.19. The molecule has 1 fully saturated rings. The Labute approximate surface area is 134 Å². The quantitative estimate of drug-likeness (QED) is 0.874. The summed E-state index contributed by atoms with van der Waals surface area (Å²) in [5.74, 6) is 0.0157. The molecule has 6 heteroatoms. The maximum atomic E-state index is 13.0. The smallest absolute Gasteiger partial charge is 0.278 e. The van der Waals surface area contributed by atoms with Gasteiger partial charge in [-0.25, -0.2) is 9.07 Å². The minimum Gasteiger partial charge on any atom is -0.493 e. The molecule has 1 aliphatic rings. The molecule has 0 bridgehead atoms. The maximum Gasteiger partial charge on any atom is 0.278 e. The first kappa shape index (κ1) is 15.5. The summed E-state index contributed by atoms with van der Waals surface area (Å²) in [6.07, 6.45) is 6.01. The fraction of sp³-hybridized carbons (Fsp3) is 0.412. The highest BCUT2D eigenvalue weighted by molar-refractivity contribution is 5.95. The minimum absolute atomic E-state index is 0.107. The molecule has 1 amide bonds. The molecule has 0 unspecified atom stereocenters. The lowest BCUT2D eigenvalue weighted by atomic mass is 10.2. The number of hydrogen-bond acceptors (Lipinski definition) is 3. The Kier molecular flexibility index (Phi) is 4.60. The van der Waals surface area contributed by atoms with Gasteiger partial charge in [-0.3, -0.25) is 4.79 Å². The molecule has 1 aromatic carbocycles. The first-order valence-corrected chi connectivity index (χ1v) is 7.88. The van der Waals surface area contributed by atoms with Crippen molar-refractivity contribution in [2.24, 2.45) is 0 Å². The first-order valence-electron chi connectivity index (χ1n) is 7.88. The van der Waals surface area contributed by atoms with Crippen molar-refractivity contribution in [1.82, 2.24) is 14.7 Å². The molecule has 0 N–H and O–H groups in total. The van der Waals surface area contributed by atoms with Crippen LogP contribution in [0.5, 0.6) is 5.75 Å². The molecule has 0 saturated carbocycles. The van der Waals surface area contributed by atoms with Gasteiger partial charge in [-0.2, -0.15) is 5.10 Å². The second-order valence-corrected chi connectivity index (χ2v) is 5.67. The van der Waals surface area contributed by atoms with Crippen LogP contribution in [0.1, 0.15) is 36.2 Å². The van der Waals surface area contributed by atoms with Crippen LogP contribution < -0.4 is 4.74 Å². The first-order chi connectivity index (χ1) is 11.2. The zero-order chi connectivity index (χ0) is 16.2. The molecule has 1 aromatic heterocycles. The molecule has 0 aliphatic carbocycles. The highest BCUT2D eigenvalue weighted by Gasteiger charge is 2.24. The predicted molar refractivity (Wildman–Crippen MR) is 84.4 cm³/mol. The van der Waals surface area contributed by atoms with Crippen molar-refractivity contribution < 1.29 is 13.9 Å². The summed E-state index contributed by atoms with van der Waals surface area (Å²) >= 11 is 0. The number of amides is 1. The Morgan fingerprint density at radius 1 is 1.13 bits per heavy atom. The van der Waals surface area contributed by atoms with Gasteiger partial charge in [0.25, 0.3) is 5.91 Å². The van der Waals surface area contributed by atoms with Gasteiger partial charge in [0.1, 0.15) is 5.82 Å². The topological polar surface area (TPSA) is 47.4 Å².